The van der Waals surface area contributed by atoms with E-state index in [1.54, 1.807) is 16.8 Å². The van der Waals surface area contributed by atoms with Crippen LogP contribution in [0.3, 0.4) is 0 Å². The van der Waals surface area contributed by atoms with E-state index in [1.807, 2.05) is 48.5 Å². The van der Waals surface area contributed by atoms with Crippen LogP contribution >= 0.6 is 0 Å². The number of benzene rings is 2. The van der Waals surface area contributed by atoms with E-state index in [-0.39, 0.29) is 23.8 Å². The highest BCUT2D eigenvalue weighted by atomic mass is 16.2. The van der Waals surface area contributed by atoms with Crippen LogP contribution in [0.5, 0.6) is 0 Å². The Kier molecular flexibility index (Phi) is 5.78. The lowest BCUT2D eigenvalue weighted by atomic mass is 10.0. The minimum Gasteiger partial charge on any atom is -0.352 e. The Balaban J connectivity index is 1.74. The number of hydrogen-bond donors (Lipinski definition) is 1. The normalized spacial score (nSPS) is 16.0. The number of rotatable bonds is 4. The zero-order valence-electron chi connectivity index (χ0n) is 16.4. The Hall–Kier alpha value is -3.15. The smallest absolute Gasteiger partial charge is 0.253 e. The molecule has 0 aromatic heterocycles. The van der Waals surface area contributed by atoms with Crippen LogP contribution in [0, 0.1) is 0 Å². The van der Waals surface area contributed by atoms with E-state index in [2.05, 4.69) is 5.32 Å². The molecule has 0 bridgehead atoms. The molecule has 1 fully saturated rings. The molecule has 0 aliphatic carbocycles. The van der Waals surface area contributed by atoms with Crippen LogP contribution in [0.15, 0.2) is 48.5 Å². The molecule has 1 aliphatic heterocycles. The molecule has 2 aromatic rings. The van der Waals surface area contributed by atoms with Crippen molar-refractivity contribution in [3.63, 3.8) is 0 Å². The van der Waals surface area contributed by atoms with Crippen molar-refractivity contribution in [3.05, 3.63) is 54.1 Å². The van der Waals surface area contributed by atoms with Crippen molar-refractivity contribution in [2.24, 2.45) is 0 Å². The number of nitrogens with zero attached hydrogens (tertiary/aromatic N) is 2. The van der Waals surface area contributed by atoms with Gasteiger partial charge in [0, 0.05) is 51.3 Å². The molecule has 3 amide bonds. The third-order valence-corrected chi connectivity index (χ3v) is 5.05. The van der Waals surface area contributed by atoms with E-state index in [9.17, 15) is 14.4 Å². The predicted molar refractivity (Wildman–Crippen MR) is 109 cm³/mol. The predicted octanol–water partition coefficient (Wildman–Crippen LogP) is 2.69. The van der Waals surface area contributed by atoms with E-state index >= 15 is 0 Å². The number of amides is 3. The second-order valence-electron chi connectivity index (χ2n) is 7.14. The Morgan fingerprint density at radius 3 is 2.39 bits per heavy atom. The molecule has 2 aromatic carbocycles. The van der Waals surface area contributed by atoms with Crippen LogP contribution in [-0.4, -0.2) is 48.8 Å². The average molecular weight is 379 g/mol. The van der Waals surface area contributed by atoms with E-state index < -0.39 is 0 Å². The Morgan fingerprint density at radius 1 is 1.04 bits per heavy atom. The van der Waals surface area contributed by atoms with Crippen LogP contribution in [0.2, 0.25) is 0 Å². The Labute approximate surface area is 165 Å². The highest BCUT2D eigenvalue weighted by molar-refractivity contribution is 5.96. The van der Waals surface area contributed by atoms with Crippen molar-refractivity contribution in [3.8, 4) is 11.1 Å². The van der Waals surface area contributed by atoms with E-state index in [0.717, 1.165) is 23.2 Å². The molecule has 0 unspecified atom stereocenters. The first-order valence-corrected chi connectivity index (χ1v) is 9.36. The molecule has 1 N–H and O–H groups in total. The van der Waals surface area contributed by atoms with Gasteiger partial charge >= 0.3 is 0 Å². The SMILES string of the molecule is CC(=O)N[C@@H]1CCN(C(=O)c2cccc(-c3ccc(N(C)C(C)=O)cc3)c2)C1. The summed E-state index contributed by atoms with van der Waals surface area (Å²) in [7, 11) is 1.74. The number of carbonyl (C=O) groups is 3. The first kappa shape index (κ1) is 19.6. The lowest BCUT2D eigenvalue weighted by Gasteiger charge is -2.18. The minimum absolute atomic E-state index is 0.0236. The maximum atomic E-state index is 12.8. The number of likely N-dealkylation sites (tertiary alicyclic amines) is 1. The molecular formula is C22H25N3O3. The number of hydrogen-bond acceptors (Lipinski definition) is 3. The monoisotopic (exact) mass is 379 g/mol. The van der Waals surface area contributed by atoms with Gasteiger partial charge in [0.1, 0.15) is 0 Å². The molecule has 1 aliphatic rings. The van der Waals surface area contributed by atoms with Gasteiger partial charge in [-0.1, -0.05) is 24.3 Å². The van der Waals surface area contributed by atoms with Gasteiger partial charge in [-0.3, -0.25) is 14.4 Å². The highest BCUT2D eigenvalue weighted by Gasteiger charge is 2.27. The summed E-state index contributed by atoms with van der Waals surface area (Å²) in [4.78, 5) is 38.9. The zero-order chi connectivity index (χ0) is 20.3. The molecule has 1 heterocycles. The van der Waals surface area contributed by atoms with E-state index in [0.29, 0.717) is 18.7 Å². The highest BCUT2D eigenvalue weighted by Crippen LogP contribution is 2.25. The molecule has 6 nitrogen and oxygen atoms in total. The molecule has 3 rings (SSSR count). The third-order valence-electron chi connectivity index (χ3n) is 5.05. The van der Waals surface area contributed by atoms with Gasteiger partial charge in [-0.05, 0) is 41.8 Å². The molecule has 1 atom stereocenters. The van der Waals surface area contributed by atoms with Gasteiger partial charge in [0.25, 0.3) is 5.91 Å². The van der Waals surface area contributed by atoms with Crippen molar-refractivity contribution in [1.29, 1.82) is 0 Å². The Bertz CT molecular complexity index is 892. The van der Waals surface area contributed by atoms with Crippen LogP contribution in [0.25, 0.3) is 11.1 Å². The number of nitrogens with one attached hydrogen (secondary N) is 1. The van der Waals surface area contributed by atoms with Gasteiger partial charge in [-0.15, -0.1) is 0 Å². The summed E-state index contributed by atoms with van der Waals surface area (Å²) in [6, 6.07) is 15.2. The summed E-state index contributed by atoms with van der Waals surface area (Å²) >= 11 is 0. The zero-order valence-corrected chi connectivity index (χ0v) is 16.4. The largest absolute Gasteiger partial charge is 0.352 e. The lowest BCUT2D eigenvalue weighted by molar-refractivity contribution is -0.119. The van der Waals surface area contributed by atoms with Crippen molar-refractivity contribution in [2.75, 3.05) is 25.0 Å². The van der Waals surface area contributed by atoms with Crippen LogP contribution in [0.1, 0.15) is 30.6 Å². The van der Waals surface area contributed by atoms with Crippen molar-refractivity contribution in [1.82, 2.24) is 10.2 Å². The van der Waals surface area contributed by atoms with Gasteiger partial charge in [-0.2, -0.15) is 0 Å². The topological polar surface area (TPSA) is 69.7 Å². The second-order valence-corrected chi connectivity index (χ2v) is 7.14. The first-order valence-electron chi connectivity index (χ1n) is 9.36. The molecule has 0 radical (unpaired) electrons. The lowest BCUT2D eigenvalue weighted by Crippen LogP contribution is -2.37. The van der Waals surface area contributed by atoms with Crippen LogP contribution < -0.4 is 10.2 Å². The minimum atomic E-state index is -0.0693. The number of anilines is 1. The molecule has 6 heteroatoms. The quantitative estimate of drug-likeness (QED) is 0.888. The fourth-order valence-corrected chi connectivity index (χ4v) is 3.42. The summed E-state index contributed by atoms with van der Waals surface area (Å²) in [5.74, 6) is -0.119. The van der Waals surface area contributed by atoms with E-state index in [4.69, 9.17) is 0 Å². The molecular weight excluding hydrogens is 354 g/mol. The average Bonchev–Trinajstić information content (AvgIpc) is 3.14. The van der Waals surface area contributed by atoms with Crippen molar-refractivity contribution >= 4 is 23.4 Å². The molecule has 28 heavy (non-hydrogen) atoms. The molecule has 1 saturated heterocycles. The molecule has 0 saturated carbocycles. The summed E-state index contributed by atoms with van der Waals surface area (Å²) in [5.41, 5.74) is 3.38. The van der Waals surface area contributed by atoms with Crippen molar-refractivity contribution in [2.45, 2.75) is 26.3 Å². The summed E-state index contributed by atoms with van der Waals surface area (Å²) in [6.07, 6.45) is 0.774. The fourth-order valence-electron chi connectivity index (χ4n) is 3.42. The maximum Gasteiger partial charge on any atom is 0.253 e. The van der Waals surface area contributed by atoms with Crippen LogP contribution in [-0.2, 0) is 9.59 Å². The summed E-state index contributed by atoms with van der Waals surface area (Å²) in [6.45, 7) is 4.19. The third kappa shape index (κ3) is 4.39. The molecule has 146 valence electrons. The maximum absolute atomic E-state index is 12.8. The van der Waals surface area contributed by atoms with Crippen molar-refractivity contribution < 1.29 is 14.4 Å². The first-order chi connectivity index (χ1) is 13.3. The van der Waals surface area contributed by atoms with E-state index in [1.165, 1.54) is 13.8 Å². The van der Waals surface area contributed by atoms with Gasteiger partial charge < -0.3 is 15.1 Å². The van der Waals surface area contributed by atoms with Crippen LogP contribution in [0.4, 0.5) is 5.69 Å². The van der Waals surface area contributed by atoms with Gasteiger partial charge in [0.2, 0.25) is 11.8 Å². The Morgan fingerprint density at radius 2 is 1.75 bits per heavy atom. The summed E-state index contributed by atoms with van der Waals surface area (Å²) in [5, 5.41) is 2.88. The standard InChI is InChI=1S/C22H25N3O3/c1-15(26)23-20-11-12-25(14-20)22(28)19-6-4-5-18(13-19)17-7-9-21(10-8-17)24(3)16(2)27/h4-10,13,20H,11-12,14H2,1-3H3,(H,23,26)/t20-/m1/s1. The van der Waals surface area contributed by atoms with Gasteiger partial charge in [0.15, 0.2) is 0 Å². The molecule has 0 spiro atoms. The second kappa shape index (κ2) is 8.25. The van der Waals surface area contributed by atoms with Gasteiger partial charge in [-0.25, -0.2) is 0 Å². The fraction of sp³-hybridized carbons (Fsp3) is 0.318. The number of carbonyl (C=O) groups excluding carboxylic acids is 3. The van der Waals surface area contributed by atoms with Gasteiger partial charge in [0.05, 0.1) is 0 Å². The summed E-state index contributed by atoms with van der Waals surface area (Å²) < 4.78 is 0.